The average Bonchev–Trinajstić information content (AvgIpc) is 2.73. The molecule has 0 aromatic heterocycles. The number of carbonyl (C=O) groups is 3. The number of amides is 3. The maximum Gasteiger partial charge on any atom is 0.329 e. The third-order valence-corrected chi connectivity index (χ3v) is 3.90. The molecule has 2 aromatic carbocycles. The van der Waals surface area contributed by atoms with Gasteiger partial charge in [-0.1, -0.05) is 25.4 Å². The lowest BCUT2D eigenvalue weighted by atomic mass is 10.2. The first-order chi connectivity index (χ1) is 14.3. The van der Waals surface area contributed by atoms with Crippen molar-refractivity contribution in [3.63, 3.8) is 0 Å². The van der Waals surface area contributed by atoms with Crippen LogP contribution >= 0.6 is 11.6 Å². The molecule has 30 heavy (non-hydrogen) atoms. The fourth-order valence-corrected chi connectivity index (χ4v) is 2.23. The van der Waals surface area contributed by atoms with E-state index in [2.05, 4.69) is 21.2 Å². The van der Waals surface area contributed by atoms with Crippen molar-refractivity contribution in [2.75, 3.05) is 18.5 Å². The lowest BCUT2D eigenvalue weighted by Gasteiger charge is -2.09. The molecule has 2 rings (SSSR count). The quantitative estimate of drug-likeness (QED) is 0.339. The Balaban J connectivity index is 1.76. The number of hydrazone groups is 1. The van der Waals surface area contributed by atoms with Crippen molar-refractivity contribution in [1.29, 1.82) is 0 Å². The van der Waals surface area contributed by atoms with E-state index in [1.54, 1.807) is 48.5 Å². The molecule has 0 aliphatic rings. The Morgan fingerprint density at radius 1 is 1.03 bits per heavy atom. The van der Waals surface area contributed by atoms with Gasteiger partial charge in [-0.3, -0.25) is 14.4 Å². The highest BCUT2D eigenvalue weighted by molar-refractivity contribution is 6.39. The molecule has 0 saturated carbocycles. The second kappa shape index (κ2) is 11.6. The molecule has 158 valence electrons. The fourth-order valence-electron chi connectivity index (χ4n) is 2.11. The molecule has 0 heterocycles. The van der Waals surface area contributed by atoms with Crippen molar-refractivity contribution in [3.8, 4) is 5.75 Å². The first kappa shape index (κ1) is 22.9. The van der Waals surface area contributed by atoms with Gasteiger partial charge in [0.15, 0.2) is 6.61 Å². The zero-order valence-corrected chi connectivity index (χ0v) is 17.4. The van der Waals surface area contributed by atoms with Crippen LogP contribution in [0.5, 0.6) is 5.75 Å². The van der Waals surface area contributed by atoms with Crippen LogP contribution in [0.2, 0.25) is 5.02 Å². The molecule has 2 aromatic rings. The molecule has 0 radical (unpaired) electrons. The van der Waals surface area contributed by atoms with Crippen molar-refractivity contribution in [3.05, 3.63) is 59.1 Å². The molecule has 0 aliphatic carbocycles. The van der Waals surface area contributed by atoms with Crippen molar-refractivity contribution in [2.24, 2.45) is 11.0 Å². The molecule has 0 fully saturated rings. The first-order valence-electron chi connectivity index (χ1n) is 9.23. The number of benzene rings is 2. The summed E-state index contributed by atoms with van der Waals surface area (Å²) < 4.78 is 5.41. The number of rotatable bonds is 8. The number of anilines is 1. The van der Waals surface area contributed by atoms with E-state index in [9.17, 15) is 14.4 Å². The number of nitrogens with one attached hydrogen (secondary N) is 3. The summed E-state index contributed by atoms with van der Waals surface area (Å²) in [6.45, 7) is 4.55. The van der Waals surface area contributed by atoms with Gasteiger partial charge in [-0.25, -0.2) is 5.43 Å². The van der Waals surface area contributed by atoms with E-state index in [0.717, 1.165) is 0 Å². The second-order valence-electron chi connectivity index (χ2n) is 6.72. The number of ether oxygens (including phenoxy) is 1. The summed E-state index contributed by atoms with van der Waals surface area (Å²) in [5, 5.41) is 9.47. The van der Waals surface area contributed by atoms with Crippen LogP contribution in [-0.2, 0) is 14.4 Å². The zero-order valence-electron chi connectivity index (χ0n) is 16.6. The Hall–Kier alpha value is -3.39. The standard InChI is InChI=1S/C21H23ClN4O4/c1-14(2)11-23-19(27)13-30-18-9-3-15(4-10-18)12-24-26-21(29)20(28)25-17-7-5-16(22)6-8-17/h3-10,12,14H,11,13H2,1-2H3,(H,23,27)(H,25,28)(H,26,29)/b24-12+. The summed E-state index contributed by atoms with van der Waals surface area (Å²) in [6, 6.07) is 13.1. The normalized spacial score (nSPS) is 10.7. The van der Waals surface area contributed by atoms with Crippen molar-refractivity contribution < 1.29 is 19.1 Å². The smallest absolute Gasteiger partial charge is 0.329 e. The molecule has 0 spiro atoms. The van der Waals surface area contributed by atoms with Crippen molar-refractivity contribution >= 4 is 41.2 Å². The van der Waals surface area contributed by atoms with Crippen LogP contribution in [0.25, 0.3) is 0 Å². The van der Waals surface area contributed by atoms with Crippen LogP contribution in [0.3, 0.4) is 0 Å². The summed E-state index contributed by atoms with van der Waals surface area (Å²) in [6.07, 6.45) is 1.38. The molecule has 0 aliphatic heterocycles. The molecule has 9 heteroatoms. The largest absolute Gasteiger partial charge is 0.484 e. The maximum atomic E-state index is 11.8. The summed E-state index contributed by atoms with van der Waals surface area (Å²) >= 11 is 5.76. The van der Waals surface area contributed by atoms with Crippen LogP contribution in [0.4, 0.5) is 5.69 Å². The fraction of sp³-hybridized carbons (Fsp3) is 0.238. The molecular formula is C21H23ClN4O4. The predicted molar refractivity (Wildman–Crippen MR) is 116 cm³/mol. The van der Waals surface area contributed by atoms with E-state index >= 15 is 0 Å². The number of hydrogen-bond acceptors (Lipinski definition) is 5. The molecule has 3 amide bonds. The lowest BCUT2D eigenvalue weighted by molar-refractivity contribution is -0.136. The molecular weight excluding hydrogens is 408 g/mol. The monoisotopic (exact) mass is 430 g/mol. The number of carbonyl (C=O) groups excluding carboxylic acids is 3. The average molecular weight is 431 g/mol. The van der Waals surface area contributed by atoms with Gasteiger partial charge in [-0.2, -0.15) is 5.10 Å². The molecule has 8 nitrogen and oxygen atoms in total. The molecule has 3 N–H and O–H groups in total. The van der Waals surface area contributed by atoms with Gasteiger partial charge in [0.1, 0.15) is 5.75 Å². The number of halogens is 1. The predicted octanol–water partition coefficient (Wildman–Crippen LogP) is 2.58. The highest BCUT2D eigenvalue weighted by atomic mass is 35.5. The van der Waals surface area contributed by atoms with Crippen LogP contribution < -0.4 is 20.8 Å². The van der Waals surface area contributed by atoms with Crippen molar-refractivity contribution in [1.82, 2.24) is 10.7 Å². The Labute approximate surface area is 179 Å². The number of hydrogen-bond donors (Lipinski definition) is 3. The summed E-state index contributed by atoms with van der Waals surface area (Å²) in [5.74, 6) is -1.05. The Bertz CT molecular complexity index is 896. The Morgan fingerprint density at radius 3 is 2.33 bits per heavy atom. The van der Waals surface area contributed by atoms with Gasteiger partial charge >= 0.3 is 11.8 Å². The van der Waals surface area contributed by atoms with Crippen LogP contribution in [0.1, 0.15) is 19.4 Å². The Morgan fingerprint density at radius 2 is 1.70 bits per heavy atom. The molecule has 0 bridgehead atoms. The summed E-state index contributed by atoms with van der Waals surface area (Å²) in [4.78, 5) is 35.2. The third kappa shape index (κ3) is 8.32. The van der Waals surface area contributed by atoms with E-state index in [0.29, 0.717) is 34.5 Å². The third-order valence-electron chi connectivity index (χ3n) is 3.65. The van der Waals surface area contributed by atoms with Gasteiger partial charge in [0.05, 0.1) is 6.21 Å². The van der Waals surface area contributed by atoms with Crippen molar-refractivity contribution in [2.45, 2.75) is 13.8 Å². The van der Waals surface area contributed by atoms with Gasteiger partial charge in [-0.15, -0.1) is 0 Å². The van der Waals surface area contributed by atoms with Gasteiger partial charge < -0.3 is 15.4 Å². The van der Waals surface area contributed by atoms with E-state index in [1.807, 2.05) is 13.8 Å². The molecule has 0 atom stereocenters. The summed E-state index contributed by atoms with van der Waals surface area (Å²) in [5.41, 5.74) is 3.26. The maximum absolute atomic E-state index is 11.8. The SMILES string of the molecule is CC(C)CNC(=O)COc1ccc(/C=N/NC(=O)C(=O)Nc2ccc(Cl)cc2)cc1. The van der Waals surface area contributed by atoms with E-state index in [-0.39, 0.29) is 12.5 Å². The highest BCUT2D eigenvalue weighted by Crippen LogP contribution is 2.13. The number of nitrogens with zero attached hydrogens (tertiary/aromatic N) is 1. The van der Waals surface area contributed by atoms with E-state index < -0.39 is 11.8 Å². The minimum atomic E-state index is -0.909. The van der Waals surface area contributed by atoms with E-state index in [1.165, 1.54) is 6.21 Å². The van der Waals surface area contributed by atoms with Gasteiger partial charge in [-0.05, 0) is 60.0 Å². The minimum Gasteiger partial charge on any atom is -0.484 e. The van der Waals surface area contributed by atoms with E-state index in [4.69, 9.17) is 16.3 Å². The topological polar surface area (TPSA) is 109 Å². The molecule has 0 unspecified atom stereocenters. The lowest BCUT2D eigenvalue weighted by Crippen LogP contribution is -2.32. The Kier molecular flexibility index (Phi) is 8.83. The van der Waals surface area contributed by atoms with Crippen LogP contribution in [-0.4, -0.2) is 37.1 Å². The highest BCUT2D eigenvalue weighted by Gasteiger charge is 2.12. The summed E-state index contributed by atoms with van der Waals surface area (Å²) in [7, 11) is 0. The zero-order chi connectivity index (χ0) is 21.9. The minimum absolute atomic E-state index is 0.0705. The first-order valence-corrected chi connectivity index (χ1v) is 9.61. The van der Waals surface area contributed by atoms with Crippen LogP contribution in [0, 0.1) is 5.92 Å². The molecule has 0 saturated heterocycles. The van der Waals surface area contributed by atoms with Gasteiger partial charge in [0.25, 0.3) is 5.91 Å². The second-order valence-corrected chi connectivity index (χ2v) is 7.15. The van der Waals surface area contributed by atoms with Gasteiger partial charge in [0.2, 0.25) is 0 Å². The van der Waals surface area contributed by atoms with Gasteiger partial charge in [0, 0.05) is 17.3 Å². The van der Waals surface area contributed by atoms with Crippen LogP contribution in [0.15, 0.2) is 53.6 Å².